The van der Waals surface area contributed by atoms with Crippen LogP contribution >= 0.6 is 0 Å². The first-order valence-corrected chi connectivity index (χ1v) is 4.57. The Morgan fingerprint density at radius 1 is 1.38 bits per heavy atom. The molecule has 1 aliphatic carbocycles. The molecule has 1 N–H and O–H groups in total. The highest BCUT2D eigenvalue weighted by Crippen LogP contribution is 2.49. The molecular weight excluding hydrogens is 164 g/mol. The molecule has 1 fully saturated rings. The Morgan fingerprint density at radius 3 is 2.62 bits per heavy atom. The minimum absolute atomic E-state index is 0.0840. The Hall–Kier alpha value is -0.860. The third-order valence-corrected chi connectivity index (χ3v) is 2.77. The number of hydrogen-bond acceptors (Lipinski definition) is 2. The topological polar surface area (TPSA) is 29.5 Å². The van der Waals surface area contributed by atoms with Crippen molar-refractivity contribution in [2.45, 2.75) is 25.0 Å². The maximum absolute atomic E-state index is 9.15. The van der Waals surface area contributed by atoms with Gasteiger partial charge in [0.1, 0.15) is 0 Å². The number of hydrogen-bond donors (Lipinski definition) is 1. The smallest absolute Gasteiger partial charge is 0.0933 e. The molecule has 2 heteroatoms. The Kier molecular flexibility index (Phi) is 2.10. The van der Waals surface area contributed by atoms with Crippen molar-refractivity contribution in [2.24, 2.45) is 0 Å². The van der Waals surface area contributed by atoms with Crippen LogP contribution < -0.4 is 0 Å². The quantitative estimate of drug-likeness (QED) is 0.765. The van der Waals surface area contributed by atoms with Crippen molar-refractivity contribution in [2.75, 3.05) is 7.11 Å². The van der Waals surface area contributed by atoms with Gasteiger partial charge in [-0.05, 0) is 24.0 Å². The van der Waals surface area contributed by atoms with Gasteiger partial charge in [0.25, 0.3) is 0 Å². The summed E-state index contributed by atoms with van der Waals surface area (Å²) >= 11 is 0. The molecule has 0 atom stereocenters. The minimum Gasteiger partial charge on any atom is -0.392 e. The van der Waals surface area contributed by atoms with E-state index in [0.717, 1.165) is 24.0 Å². The largest absolute Gasteiger partial charge is 0.392 e. The zero-order valence-corrected chi connectivity index (χ0v) is 7.79. The first kappa shape index (κ1) is 8.73. The van der Waals surface area contributed by atoms with Gasteiger partial charge in [0.15, 0.2) is 0 Å². The van der Waals surface area contributed by atoms with Gasteiger partial charge in [0.2, 0.25) is 0 Å². The normalized spacial score (nSPS) is 18.6. The summed E-state index contributed by atoms with van der Waals surface area (Å²) in [4.78, 5) is 0. The second-order valence-corrected chi connectivity index (χ2v) is 3.51. The summed E-state index contributed by atoms with van der Waals surface area (Å²) in [5, 5.41) is 9.15. The van der Waals surface area contributed by atoms with Crippen LogP contribution in [-0.2, 0) is 16.9 Å². The molecule has 1 aromatic carbocycles. The number of ether oxygens (including phenoxy) is 1. The molecule has 0 heterocycles. The molecule has 1 aliphatic rings. The van der Waals surface area contributed by atoms with Crippen LogP contribution in [0.3, 0.4) is 0 Å². The highest BCUT2D eigenvalue weighted by molar-refractivity contribution is 5.35. The first-order valence-electron chi connectivity index (χ1n) is 4.57. The van der Waals surface area contributed by atoms with Crippen LogP contribution in [0.1, 0.15) is 24.0 Å². The van der Waals surface area contributed by atoms with Gasteiger partial charge in [0, 0.05) is 7.11 Å². The van der Waals surface area contributed by atoms with E-state index in [1.54, 1.807) is 7.11 Å². The van der Waals surface area contributed by atoms with Crippen LogP contribution in [0, 0.1) is 0 Å². The molecule has 0 saturated heterocycles. The van der Waals surface area contributed by atoms with Crippen molar-refractivity contribution in [1.82, 2.24) is 0 Å². The molecule has 1 saturated carbocycles. The summed E-state index contributed by atoms with van der Waals surface area (Å²) in [6, 6.07) is 7.94. The van der Waals surface area contributed by atoms with Gasteiger partial charge >= 0.3 is 0 Å². The number of aliphatic hydroxyl groups is 1. The lowest BCUT2D eigenvalue weighted by Gasteiger charge is -2.16. The Balaban J connectivity index is 2.39. The van der Waals surface area contributed by atoms with Crippen LogP contribution in [-0.4, -0.2) is 12.2 Å². The Bertz CT molecular complexity index is 303. The zero-order valence-electron chi connectivity index (χ0n) is 7.79. The fourth-order valence-corrected chi connectivity index (χ4v) is 1.80. The highest BCUT2D eigenvalue weighted by atomic mass is 16.5. The number of aliphatic hydroxyl groups excluding tert-OH is 1. The number of rotatable bonds is 3. The Morgan fingerprint density at radius 2 is 2.08 bits per heavy atom. The molecule has 70 valence electrons. The van der Waals surface area contributed by atoms with E-state index in [0.29, 0.717) is 0 Å². The van der Waals surface area contributed by atoms with Crippen molar-refractivity contribution < 1.29 is 9.84 Å². The fourth-order valence-electron chi connectivity index (χ4n) is 1.80. The van der Waals surface area contributed by atoms with Gasteiger partial charge < -0.3 is 9.84 Å². The lowest BCUT2D eigenvalue weighted by atomic mass is 10.0. The molecule has 13 heavy (non-hydrogen) atoms. The van der Waals surface area contributed by atoms with E-state index < -0.39 is 0 Å². The number of benzene rings is 1. The molecule has 0 amide bonds. The first-order chi connectivity index (χ1) is 6.32. The standard InChI is InChI=1S/C11H14O2/c1-13-11(6-7-11)10-5-3-2-4-9(10)8-12/h2-5,12H,6-8H2,1H3. The fraction of sp³-hybridized carbons (Fsp3) is 0.455. The van der Waals surface area contributed by atoms with E-state index in [-0.39, 0.29) is 12.2 Å². The average molecular weight is 178 g/mol. The van der Waals surface area contributed by atoms with E-state index in [4.69, 9.17) is 9.84 Å². The highest BCUT2D eigenvalue weighted by Gasteiger charge is 2.45. The van der Waals surface area contributed by atoms with Gasteiger partial charge in [-0.15, -0.1) is 0 Å². The van der Waals surface area contributed by atoms with E-state index in [9.17, 15) is 0 Å². The second-order valence-electron chi connectivity index (χ2n) is 3.51. The zero-order chi connectivity index (χ0) is 9.31. The predicted molar refractivity (Wildman–Crippen MR) is 50.3 cm³/mol. The molecule has 0 aromatic heterocycles. The summed E-state index contributed by atoms with van der Waals surface area (Å²) in [6.45, 7) is 0.0985. The van der Waals surface area contributed by atoms with Crippen LogP contribution in [0.2, 0.25) is 0 Å². The average Bonchev–Trinajstić information content (AvgIpc) is 2.98. The van der Waals surface area contributed by atoms with Gasteiger partial charge in [-0.3, -0.25) is 0 Å². The van der Waals surface area contributed by atoms with Gasteiger partial charge in [0.05, 0.1) is 12.2 Å². The number of methoxy groups -OCH3 is 1. The Labute approximate surface area is 78.2 Å². The van der Waals surface area contributed by atoms with Crippen LogP contribution in [0.5, 0.6) is 0 Å². The summed E-state index contributed by atoms with van der Waals surface area (Å²) in [5.74, 6) is 0. The van der Waals surface area contributed by atoms with Gasteiger partial charge in [-0.25, -0.2) is 0 Å². The van der Waals surface area contributed by atoms with Gasteiger partial charge in [-0.2, -0.15) is 0 Å². The summed E-state index contributed by atoms with van der Waals surface area (Å²) in [7, 11) is 1.74. The van der Waals surface area contributed by atoms with E-state index in [1.165, 1.54) is 0 Å². The van der Waals surface area contributed by atoms with Crippen molar-refractivity contribution in [3.05, 3.63) is 35.4 Å². The predicted octanol–water partition coefficient (Wildman–Crippen LogP) is 1.81. The van der Waals surface area contributed by atoms with Crippen molar-refractivity contribution in [1.29, 1.82) is 0 Å². The van der Waals surface area contributed by atoms with Crippen LogP contribution in [0.25, 0.3) is 0 Å². The van der Waals surface area contributed by atoms with Crippen LogP contribution in [0.15, 0.2) is 24.3 Å². The van der Waals surface area contributed by atoms with Gasteiger partial charge in [-0.1, -0.05) is 24.3 Å². The lowest BCUT2D eigenvalue weighted by Crippen LogP contribution is -2.11. The molecule has 0 radical (unpaired) electrons. The molecule has 0 aliphatic heterocycles. The molecule has 0 spiro atoms. The third-order valence-electron chi connectivity index (χ3n) is 2.77. The molecule has 2 nitrogen and oxygen atoms in total. The summed E-state index contributed by atoms with van der Waals surface area (Å²) < 4.78 is 5.47. The molecular formula is C11H14O2. The van der Waals surface area contributed by atoms with Crippen LogP contribution in [0.4, 0.5) is 0 Å². The molecule has 1 aromatic rings. The maximum Gasteiger partial charge on any atom is 0.0933 e. The summed E-state index contributed by atoms with van der Waals surface area (Å²) in [6.07, 6.45) is 2.14. The minimum atomic E-state index is -0.0840. The molecule has 0 bridgehead atoms. The maximum atomic E-state index is 9.15. The van der Waals surface area contributed by atoms with Crippen molar-refractivity contribution >= 4 is 0 Å². The SMILES string of the molecule is COC1(c2ccccc2CO)CC1. The second kappa shape index (κ2) is 3.13. The third kappa shape index (κ3) is 1.36. The van der Waals surface area contributed by atoms with E-state index in [2.05, 4.69) is 0 Å². The monoisotopic (exact) mass is 178 g/mol. The van der Waals surface area contributed by atoms with E-state index >= 15 is 0 Å². The lowest BCUT2D eigenvalue weighted by molar-refractivity contribution is 0.0768. The van der Waals surface area contributed by atoms with Crippen molar-refractivity contribution in [3.63, 3.8) is 0 Å². The summed E-state index contributed by atoms with van der Waals surface area (Å²) in [5.41, 5.74) is 2.06. The molecule has 0 unspecified atom stereocenters. The molecule has 2 rings (SSSR count). The van der Waals surface area contributed by atoms with Crippen molar-refractivity contribution in [3.8, 4) is 0 Å². The van der Waals surface area contributed by atoms with E-state index in [1.807, 2.05) is 24.3 Å².